The van der Waals surface area contributed by atoms with Gasteiger partial charge in [-0.15, -0.1) is 0 Å². The number of methoxy groups -OCH3 is 1. The first kappa shape index (κ1) is 16.1. The number of benzene rings is 1. The lowest BCUT2D eigenvalue weighted by Crippen LogP contribution is -2.16. The monoisotopic (exact) mass is 304 g/mol. The Hall–Kier alpha value is -0.910. The molecule has 0 radical (unpaired) electrons. The van der Waals surface area contributed by atoms with Gasteiger partial charge in [-0.3, -0.25) is 4.79 Å². The first-order chi connectivity index (χ1) is 8.85. The highest BCUT2D eigenvalue weighted by molar-refractivity contribution is 7.91. The van der Waals surface area contributed by atoms with Gasteiger partial charge in [-0.25, -0.2) is 8.42 Å². The summed E-state index contributed by atoms with van der Waals surface area (Å²) in [7, 11) is -2.04. The SMILES string of the molecule is CCc1c(C(=O)Cl)ccc(C)c1S(=O)(=O)CCOC. The van der Waals surface area contributed by atoms with Gasteiger partial charge in [-0.2, -0.15) is 0 Å². The van der Waals surface area contributed by atoms with E-state index in [2.05, 4.69) is 0 Å². The smallest absolute Gasteiger partial charge is 0.252 e. The summed E-state index contributed by atoms with van der Waals surface area (Å²) in [5.41, 5.74) is 1.36. The van der Waals surface area contributed by atoms with Gasteiger partial charge >= 0.3 is 0 Å². The molecule has 0 fully saturated rings. The van der Waals surface area contributed by atoms with Crippen molar-refractivity contribution in [3.63, 3.8) is 0 Å². The van der Waals surface area contributed by atoms with E-state index in [0.717, 1.165) is 0 Å². The fraction of sp³-hybridized carbons (Fsp3) is 0.462. The average molecular weight is 305 g/mol. The van der Waals surface area contributed by atoms with E-state index in [1.165, 1.54) is 7.11 Å². The first-order valence-electron chi connectivity index (χ1n) is 5.89. The number of halogens is 1. The van der Waals surface area contributed by atoms with Crippen molar-refractivity contribution in [1.29, 1.82) is 0 Å². The predicted octanol–water partition coefficient (Wildman–Crippen LogP) is 2.36. The van der Waals surface area contributed by atoms with Crippen LogP contribution in [0.25, 0.3) is 0 Å². The highest BCUT2D eigenvalue weighted by Gasteiger charge is 2.24. The topological polar surface area (TPSA) is 60.4 Å². The van der Waals surface area contributed by atoms with Gasteiger partial charge in [0.2, 0.25) is 0 Å². The third-order valence-corrected chi connectivity index (χ3v) is 4.99. The largest absolute Gasteiger partial charge is 0.384 e. The molecule has 106 valence electrons. The zero-order chi connectivity index (χ0) is 14.6. The van der Waals surface area contributed by atoms with Crippen LogP contribution in [0.4, 0.5) is 0 Å². The maximum Gasteiger partial charge on any atom is 0.252 e. The molecule has 0 atom stereocenters. The molecule has 0 bridgehead atoms. The van der Waals surface area contributed by atoms with Crippen molar-refractivity contribution >= 4 is 26.7 Å². The second-order valence-corrected chi connectivity index (χ2v) is 6.57. The highest BCUT2D eigenvalue weighted by atomic mass is 35.5. The number of hydrogen-bond donors (Lipinski definition) is 0. The zero-order valence-corrected chi connectivity index (χ0v) is 12.8. The second kappa shape index (κ2) is 6.50. The molecule has 0 saturated heterocycles. The lowest BCUT2D eigenvalue weighted by Gasteiger charge is -2.14. The molecule has 0 heterocycles. The van der Waals surface area contributed by atoms with Gasteiger partial charge in [0.1, 0.15) is 0 Å². The third kappa shape index (κ3) is 3.55. The van der Waals surface area contributed by atoms with Crippen LogP contribution >= 0.6 is 11.6 Å². The third-order valence-electron chi connectivity index (χ3n) is 2.89. The average Bonchev–Trinajstić information content (AvgIpc) is 2.35. The molecular weight excluding hydrogens is 288 g/mol. The molecule has 0 aliphatic carbocycles. The van der Waals surface area contributed by atoms with Crippen molar-refractivity contribution in [2.75, 3.05) is 19.5 Å². The predicted molar refractivity (Wildman–Crippen MR) is 74.7 cm³/mol. The van der Waals surface area contributed by atoms with Crippen molar-refractivity contribution in [3.8, 4) is 0 Å². The van der Waals surface area contributed by atoms with E-state index in [9.17, 15) is 13.2 Å². The molecule has 0 spiro atoms. The van der Waals surface area contributed by atoms with Crippen LogP contribution in [0.2, 0.25) is 0 Å². The molecule has 0 amide bonds. The maximum atomic E-state index is 12.3. The van der Waals surface area contributed by atoms with Gasteiger partial charge in [-0.1, -0.05) is 13.0 Å². The van der Waals surface area contributed by atoms with Gasteiger partial charge in [-0.05, 0) is 42.1 Å². The van der Waals surface area contributed by atoms with E-state index in [-0.39, 0.29) is 22.8 Å². The van der Waals surface area contributed by atoms with Crippen LogP contribution in [0.3, 0.4) is 0 Å². The Balaban J connectivity index is 3.49. The number of ether oxygens (including phenoxy) is 1. The summed E-state index contributed by atoms with van der Waals surface area (Å²) in [5, 5.41) is -0.639. The summed E-state index contributed by atoms with van der Waals surface area (Å²) in [6.07, 6.45) is 0.428. The van der Waals surface area contributed by atoms with E-state index in [0.29, 0.717) is 17.5 Å². The van der Waals surface area contributed by atoms with E-state index in [1.54, 1.807) is 26.0 Å². The lowest BCUT2D eigenvalue weighted by molar-refractivity contribution is 0.108. The van der Waals surface area contributed by atoms with Crippen molar-refractivity contribution in [3.05, 3.63) is 28.8 Å². The molecule has 0 aliphatic rings. The standard InChI is InChI=1S/C13H17ClO4S/c1-4-10-11(13(14)15)6-5-9(2)12(10)19(16,17)8-7-18-3/h5-6H,4,7-8H2,1-3H3. The van der Waals surface area contributed by atoms with Crippen LogP contribution < -0.4 is 0 Å². The van der Waals surface area contributed by atoms with E-state index in [1.807, 2.05) is 0 Å². The van der Waals surface area contributed by atoms with Gasteiger partial charge in [0.05, 0.1) is 17.3 Å². The summed E-state index contributed by atoms with van der Waals surface area (Å²) >= 11 is 5.51. The fourth-order valence-corrected chi connectivity index (χ4v) is 3.96. The lowest BCUT2D eigenvalue weighted by atomic mass is 10.0. The highest BCUT2D eigenvalue weighted by Crippen LogP contribution is 2.26. The Kier molecular flexibility index (Phi) is 5.52. The normalized spacial score (nSPS) is 11.6. The molecule has 0 aliphatic heterocycles. The summed E-state index contributed by atoms with van der Waals surface area (Å²) in [5.74, 6) is -0.114. The molecule has 6 heteroatoms. The van der Waals surface area contributed by atoms with Crippen LogP contribution in [-0.2, 0) is 21.0 Å². The van der Waals surface area contributed by atoms with Crippen LogP contribution in [0.5, 0.6) is 0 Å². The Morgan fingerprint density at radius 3 is 2.47 bits per heavy atom. The number of sulfone groups is 1. The van der Waals surface area contributed by atoms with E-state index < -0.39 is 15.1 Å². The van der Waals surface area contributed by atoms with Crippen LogP contribution in [0.15, 0.2) is 17.0 Å². The van der Waals surface area contributed by atoms with Crippen molar-refractivity contribution in [2.45, 2.75) is 25.2 Å². The van der Waals surface area contributed by atoms with Crippen molar-refractivity contribution in [1.82, 2.24) is 0 Å². The van der Waals surface area contributed by atoms with Crippen LogP contribution in [-0.4, -0.2) is 33.1 Å². The number of rotatable bonds is 6. The number of aryl methyl sites for hydroxylation is 1. The van der Waals surface area contributed by atoms with Gasteiger partial charge < -0.3 is 4.74 Å². The molecule has 0 saturated carbocycles. The molecule has 0 unspecified atom stereocenters. The fourth-order valence-electron chi connectivity index (χ4n) is 2.01. The van der Waals surface area contributed by atoms with E-state index in [4.69, 9.17) is 16.3 Å². The molecule has 1 aromatic rings. The molecule has 1 aromatic carbocycles. The Bertz CT molecular complexity index is 579. The molecule has 4 nitrogen and oxygen atoms in total. The number of carbonyl (C=O) groups is 1. The quantitative estimate of drug-likeness (QED) is 0.757. The zero-order valence-electron chi connectivity index (χ0n) is 11.2. The molecule has 0 N–H and O–H groups in total. The minimum Gasteiger partial charge on any atom is -0.384 e. The van der Waals surface area contributed by atoms with Crippen molar-refractivity contribution < 1.29 is 17.9 Å². The molecule has 19 heavy (non-hydrogen) atoms. The van der Waals surface area contributed by atoms with Crippen LogP contribution in [0.1, 0.15) is 28.4 Å². The maximum absolute atomic E-state index is 12.3. The molecular formula is C13H17ClO4S. The summed E-state index contributed by atoms with van der Waals surface area (Å²) < 4.78 is 29.5. The van der Waals surface area contributed by atoms with Gasteiger partial charge in [0.15, 0.2) is 9.84 Å². The first-order valence-corrected chi connectivity index (χ1v) is 7.92. The summed E-state index contributed by atoms with van der Waals surface area (Å²) in [6.45, 7) is 3.62. The molecule has 0 aromatic heterocycles. The summed E-state index contributed by atoms with van der Waals surface area (Å²) in [6, 6.07) is 3.17. The van der Waals surface area contributed by atoms with Crippen LogP contribution in [0, 0.1) is 6.92 Å². The Morgan fingerprint density at radius 1 is 1.37 bits per heavy atom. The van der Waals surface area contributed by atoms with Gasteiger partial charge in [0.25, 0.3) is 5.24 Å². The Labute approximate surface area is 118 Å². The molecule has 1 rings (SSSR count). The van der Waals surface area contributed by atoms with Crippen molar-refractivity contribution in [2.24, 2.45) is 0 Å². The van der Waals surface area contributed by atoms with Gasteiger partial charge in [0, 0.05) is 12.7 Å². The number of hydrogen-bond acceptors (Lipinski definition) is 4. The second-order valence-electron chi connectivity index (χ2n) is 4.18. The minimum absolute atomic E-state index is 0.114. The Morgan fingerprint density at radius 2 is 2.00 bits per heavy atom. The minimum atomic E-state index is -3.49. The summed E-state index contributed by atoms with van der Waals surface area (Å²) in [4.78, 5) is 11.6. The number of carbonyl (C=O) groups excluding carboxylic acids is 1. The van der Waals surface area contributed by atoms with E-state index >= 15 is 0 Å².